The van der Waals surface area contributed by atoms with Crippen molar-refractivity contribution in [1.29, 1.82) is 0 Å². The minimum absolute atomic E-state index is 0.250. The molecule has 0 saturated carbocycles. The van der Waals surface area contributed by atoms with E-state index in [1.165, 1.54) is 27.4 Å². The zero-order chi connectivity index (χ0) is 17.5. The molecule has 1 N–H and O–H groups in total. The van der Waals surface area contributed by atoms with E-state index in [0.717, 1.165) is 12.8 Å². The summed E-state index contributed by atoms with van der Waals surface area (Å²) in [6.45, 7) is 3.81. The predicted molar refractivity (Wildman–Crippen MR) is 87.9 cm³/mol. The third-order valence-corrected chi connectivity index (χ3v) is 3.80. The number of unbranched alkanes of at least 4 members (excludes halogenated alkanes) is 1. The molecule has 128 valence electrons. The zero-order valence-electron chi connectivity index (χ0n) is 14.4. The highest BCUT2D eigenvalue weighted by molar-refractivity contribution is 5.99. The van der Waals surface area contributed by atoms with E-state index in [-0.39, 0.29) is 11.5 Å². The monoisotopic (exact) mass is 323 g/mol. The lowest BCUT2D eigenvalue weighted by Crippen LogP contribution is -2.41. The van der Waals surface area contributed by atoms with E-state index in [2.05, 4.69) is 12.2 Å². The van der Waals surface area contributed by atoms with Crippen LogP contribution >= 0.6 is 0 Å². The molecule has 1 atom stereocenters. The summed E-state index contributed by atoms with van der Waals surface area (Å²) < 4.78 is 15.2. The molecule has 6 heteroatoms. The molecule has 0 heterocycles. The van der Waals surface area contributed by atoms with Crippen LogP contribution < -0.4 is 10.1 Å². The molecule has 0 aliphatic heterocycles. The Bertz CT molecular complexity index is 558. The zero-order valence-corrected chi connectivity index (χ0v) is 14.4. The van der Waals surface area contributed by atoms with E-state index in [9.17, 15) is 9.59 Å². The Morgan fingerprint density at radius 3 is 2.43 bits per heavy atom. The van der Waals surface area contributed by atoms with Crippen molar-refractivity contribution in [1.82, 2.24) is 0 Å². The summed E-state index contributed by atoms with van der Waals surface area (Å²) >= 11 is 0. The second-order valence-corrected chi connectivity index (χ2v) is 5.40. The number of methoxy groups -OCH3 is 3. The molecule has 23 heavy (non-hydrogen) atoms. The Kier molecular flexibility index (Phi) is 7.03. The number of benzene rings is 1. The SMILES string of the molecule is CCCCC(C)(OC)C(=O)Nc1ccc(OC)c(C(=O)OC)c1. The van der Waals surface area contributed by atoms with Crippen molar-refractivity contribution < 1.29 is 23.8 Å². The highest BCUT2D eigenvalue weighted by atomic mass is 16.5. The maximum atomic E-state index is 12.5. The predicted octanol–water partition coefficient (Wildman–Crippen LogP) is 3.02. The number of carbonyl (C=O) groups is 2. The first kappa shape index (κ1) is 19.0. The molecule has 1 aromatic rings. The van der Waals surface area contributed by atoms with E-state index in [0.29, 0.717) is 17.9 Å². The second-order valence-electron chi connectivity index (χ2n) is 5.40. The first-order chi connectivity index (χ1) is 10.9. The van der Waals surface area contributed by atoms with E-state index in [4.69, 9.17) is 14.2 Å². The molecule has 0 saturated heterocycles. The summed E-state index contributed by atoms with van der Waals surface area (Å²) in [5, 5.41) is 2.79. The summed E-state index contributed by atoms with van der Waals surface area (Å²) in [6.07, 6.45) is 2.47. The first-order valence-electron chi connectivity index (χ1n) is 7.54. The summed E-state index contributed by atoms with van der Waals surface area (Å²) in [6, 6.07) is 4.80. The average molecular weight is 323 g/mol. The van der Waals surface area contributed by atoms with Crippen LogP contribution in [0.3, 0.4) is 0 Å². The number of carbonyl (C=O) groups excluding carboxylic acids is 2. The third kappa shape index (κ3) is 4.69. The number of esters is 1. The van der Waals surface area contributed by atoms with Crippen LogP contribution in [0.1, 0.15) is 43.5 Å². The van der Waals surface area contributed by atoms with Crippen molar-refractivity contribution in [2.75, 3.05) is 26.6 Å². The van der Waals surface area contributed by atoms with Crippen LogP contribution in [0.4, 0.5) is 5.69 Å². The van der Waals surface area contributed by atoms with Gasteiger partial charge in [-0.05, 0) is 31.5 Å². The molecular weight excluding hydrogens is 298 g/mol. The maximum absolute atomic E-state index is 12.5. The topological polar surface area (TPSA) is 73.9 Å². The maximum Gasteiger partial charge on any atom is 0.341 e. The van der Waals surface area contributed by atoms with E-state index in [1.54, 1.807) is 19.1 Å². The molecule has 0 spiro atoms. The van der Waals surface area contributed by atoms with Gasteiger partial charge in [0.25, 0.3) is 5.91 Å². The molecule has 1 amide bonds. The second kappa shape index (κ2) is 8.53. The van der Waals surface area contributed by atoms with Crippen molar-refractivity contribution in [2.24, 2.45) is 0 Å². The molecular formula is C17H25NO5. The van der Waals surface area contributed by atoms with Crippen LogP contribution in [0.2, 0.25) is 0 Å². The largest absolute Gasteiger partial charge is 0.496 e. The number of anilines is 1. The van der Waals surface area contributed by atoms with Gasteiger partial charge in [0.2, 0.25) is 0 Å². The molecule has 0 aliphatic carbocycles. The summed E-state index contributed by atoms with van der Waals surface area (Å²) in [5.74, 6) is -0.400. The van der Waals surface area contributed by atoms with Gasteiger partial charge in [0.1, 0.15) is 16.9 Å². The molecule has 0 fully saturated rings. The quantitative estimate of drug-likeness (QED) is 0.744. The molecule has 6 nitrogen and oxygen atoms in total. The summed E-state index contributed by atoms with van der Waals surface area (Å²) in [7, 11) is 4.27. The number of nitrogens with one attached hydrogen (secondary N) is 1. The fourth-order valence-corrected chi connectivity index (χ4v) is 2.14. The van der Waals surface area contributed by atoms with Crippen molar-refractivity contribution in [3.05, 3.63) is 23.8 Å². The Morgan fingerprint density at radius 1 is 1.22 bits per heavy atom. The van der Waals surface area contributed by atoms with E-state index >= 15 is 0 Å². The summed E-state index contributed by atoms with van der Waals surface area (Å²) in [4.78, 5) is 24.3. The van der Waals surface area contributed by atoms with Crippen LogP contribution in [0, 0.1) is 0 Å². The lowest BCUT2D eigenvalue weighted by molar-refractivity contribution is -0.136. The molecule has 0 aromatic heterocycles. The Morgan fingerprint density at radius 2 is 1.91 bits per heavy atom. The number of hydrogen-bond donors (Lipinski definition) is 1. The van der Waals surface area contributed by atoms with Gasteiger partial charge in [-0.15, -0.1) is 0 Å². The van der Waals surface area contributed by atoms with Crippen molar-refractivity contribution >= 4 is 17.6 Å². The minimum Gasteiger partial charge on any atom is -0.496 e. The van der Waals surface area contributed by atoms with Gasteiger partial charge in [-0.25, -0.2) is 4.79 Å². The Labute approximate surface area is 137 Å². The smallest absolute Gasteiger partial charge is 0.341 e. The van der Waals surface area contributed by atoms with Crippen molar-refractivity contribution in [3.8, 4) is 5.75 Å². The van der Waals surface area contributed by atoms with Crippen LogP contribution in [-0.4, -0.2) is 38.8 Å². The molecule has 0 aliphatic rings. The van der Waals surface area contributed by atoms with Gasteiger partial charge in [-0.1, -0.05) is 19.8 Å². The molecule has 1 rings (SSSR count). The van der Waals surface area contributed by atoms with Gasteiger partial charge in [-0.2, -0.15) is 0 Å². The van der Waals surface area contributed by atoms with Crippen LogP contribution in [0.5, 0.6) is 5.75 Å². The lowest BCUT2D eigenvalue weighted by atomic mass is 9.97. The van der Waals surface area contributed by atoms with E-state index < -0.39 is 11.6 Å². The molecule has 1 unspecified atom stereocenters. The number of hydrogen-bond acceptors (Lipinski definition) is 5. The number of rotatable bonds is 8. The highest BCUT2D eigenvalue weighted by Gasteiger charge is 2.32. The van der Waals surface area contributed by atoms with Crippen LogP contribution in [-0.2, 0) is 14.3 Å². The Balaban J connectivity index is 2.99. The van der Waals surface area contributed by atoms with Gasteiger partial charge < -0.3 is 19.5 Å². The van der Waals surface area contributed by atoms with E-state index in [1.807, 2.05) is 0 Å². The standard InChI is InChI=1S/C17H25NO5/c1-6-7-10-17(2,23-5)16(20)18-12-8-9-14(21-3)13(11-12)15(19)22-4/h8-9,11H,6-7,10H2,1-5H3,(H,18,20). The van der Waals surface area contributed by atoms with Gasteiger partial charge in [0, 0.05) is 12.8 Å². The number of amides is 1. The minimum atomic E-state index is -0.915. The molecule has 0 radical (unpaired) electrons. The fourth-order valence-electron chi connectivity index (χ4n) is 2.14. The lowest BCUT2D eigenvalue weighted by Gasteiger charge is -2.26. The van der Waals surface area contributed by atoms with Gasteiger partial charge >= 0.3 is 5.97 Å². The van der Waals surface area contributed by atoms with Crippen molar-refractivity contribution in [3.63, 3.8) is 0 Å². The van der Waals surface area contributed by atoms with Crippen LogP contribution in [0.15, 0.2) is 18.2 Å². The third-order valence-electron chi connectivity index (χ3n) is 3.80. The normalized spacial score (nSPS) is 13.1. The van der Waals surface area contributed by atoms with Crippen molar-refractivity contribution in [2.45, 2.75) is 38.7 Å². The van der Waals surface area contributed by atoms with Gasteiger partial charge in [0.15, 0.2) is 0 Å². The van der Waals surface area contributed by atoms with Gasteiger partial charge in [0.05, 0.1) is 14.2 Å². The fraction of sp³-hybridized carbons (Fsp3) is 0.529. The van der Waals surface area contributed by atoms with Crippen LogP contribution in [0.25, 0.3) is 0 Å². The summed E-state index contributed by atoms with van der Waals surface area (Å²) in [5.41, 5.74) is -0.182. The number of ether oxygens (including phenoxy) is 3. The Hall–Kier alpha value is -2.08. The first-order valence-corrected chi connectivity index (χ1v) is 7.54. The average Bonchev–Trinajstić information content (AvgIpc) is 2.58. The molecule has 1 aromatic carbocycles. The molecule has 0 bridgehead atoms. The van der Waals surface area contributed by atoms with Gasteiger partial charge in [-0.3, -0.25) is 4.79 Å². The highest BCUT2D eigenvalue weighted by Crippen LogP contribution is 2.25.